The van der Waals surface area contributed by atoms with Crippen molar-refractivity contribution in [1.82, 2.24) is 4.57 Å². The minimum atomic E-state index is 0.482. The molecule has 1 N–H and O–H groups in total. The Balaban J connectivity index is 2.08. The summed E-state index contributed by atoms with van der Waals surface area (Å²) in [6.45, 7) is 0. The molecule has 0 unspecified atom stereocenters. The van der Waals surface area contributed by atoms with Crippen LogP contribution in [0.5, 0.6) is 11.5 Å². The largest absolute Gasteiger partial charge is 0.497 e. The van der Waals surface area contributed by atoms with Crippen molar-refractivity contribution in [3.8, 4) is 28.4 Å². The monoisotopic (exact) mass is 312 g/mol. The molecule has 5 heteroatoms. The van der Waals surface area contributed by atoms with Crippen LogP contribution < -0.4 is 14.3 Å². The zero-order valence-corrected chi connectivity index (χ0v) is 13.2. The summed E-state index contributed by atoms with van der Waals surface area (Å²) in [5.74, 6) is 1.62. The lowest BCUT2D eigenvalue weighted by atomic mass is 10.1. The Bertz CT molecular complexity index is 817. The Kier molecular flexibility index (Phi) is 3.98. The average molecular weight is 312 g/mol. The van der Waals surface area contributed by atoms with Crippen molar-refractivity contribution in [3.05, 3.63) is 58.7 Å². The molecule has 0 aliphatic rings. The highest BCUT2D eigenvalue weighted by atomic mass is 32.1. The first-order valence-electron chi connectivity index (χ1n) is 6.77. The molecular weight excluding hydrogens is 296 g/mol. The van der Waals surface area contributed by atoms with Crippen molar-refractivity contribution in [1.29, 1.82) is 5.41 Å². The van der Waals surface area contributed by atoms with Crippen LogP contribution in [0.4, 0.5) is 0 Å². The first-order valence-corrected chi connectivity index (χ1v) is 7.65. The first-order chi connectivity index (χ1) is 10.7. The molecule has 0 fully saturated rings. The van der Waals surface area contributed by atoms with E-state index in [0.29, 0.717) is 4.80 Å². The van der Waals surface area contributed by atoms with Gasteiger partial charge in [0.15, 0.2) is 4.80 Å². The third-order valence-electron chi connectivity index (χ3n) is 3.44. The second-order valence-electron chi connectivity index (χ2n) is 4.69. The van der Waals surface area contributed by atoms with Crippen molar-refractivity contribution < 1.29 is 9.47 Å². The van der Waals surface area contributed by atoms with E-state index in [0.717, 1.165) is 28.4 Å². The van der Waals surface area contributed by atoms with E-state index in [1.54, 1.807) is 14.2 Å². The molecule has 0 amide bonds. The summed E-state index contributed by atoms with van der Waals surface area (Å²) in [5.41, 5.74) is 2.98. The van der Waals surface area contributed by atoms with Gasteiger partial charge in [0.25, 0.3) is 0 Å². The van der Waals surface area contributed by atoms with Gasteiger partial charge in [-0.1, -0.05) is 0 Å². The van der Waals surface area contributed by atoms with Gasteiger partial charge in [0.2, 0.25) is 0 Å². The Morgan fingerprint density at radius 2 is 1.41 bits per heavy atom. The van der Waals surface area contributed by atoms with Gasteiger partial charge in [-0.25, -0.2) is 0 Å². The predicted octanol–water partition coefficient (Wildman–Crippen LogP) is 3.70. The van der Waals surface area contributed by atoms with E-state index in [-0.39, 0.29) is 0 Å². The Hall–Kier alpha value is -2.53. The zero-order chi connectivity index (χ0) is 15.5. The minimum Gasteiger partial charge on any atom is -0.497 e. The predicted molar refractivity (Wildman–Crippen MR) is 88.0 cm³/mol. The fourth-order valence-corrected chi connectivity index (χ4v) is 3.05. The second-order valence-corrected chi connectivity index (χ2v) is 5.55. The highest BCUT2D eigenvalue weighted by Crippen LogP contribution is 2.26. The molecule has 0 bridgehead atoms. The van der Waals surface area contributed by atoms with Gasteiger partial charge in [0, 0.05) is 11.1 Å². The number of nitrogens with one attached hydrogen (secondary N) is 1. The third-order valence-corrected chi connectivity index (χ3v) is 4.19. The van der Waals surface area contributed by atoms with Crippen LogP contribution in [0, 0.1) is 5.41 Å². The molecule has 0 radical (unpaired) electrons. The van der Waals surface area contributed by atoms with Gasteiger partial charge in [0.05, 0.1) is 19.9 Å². The van der Waals surface area contributed by atoms with Crippen LogP contribution in [0.1, 0.15) is 0 Å². The number of hydrogen-bond acceptors (Lipinski definition) is 4. The molecule has 0 aliphatic carbocycles. The van der Waals surface area contributed by atoms with Crippen molar-refractivity contribution in [2.45, 2.75) is 0 Å². The molecule has 1 heterocycles. The van der Waals surface area contributed by atoms with Crippen LogP contribution >= 0.6 is 11.3 Å². The van der Waals surface area contributed by atoms with E-state index in [1.165, 1.54) is 11.3 Å². The van der Waals surface area contributed by atoms with Gasteiger partial charge >= 0.3 is 0 Å². The van der Waals surface area contributed by atoms with E-state index < -0.39 is 0 Å². The van der Waals surface area contributed by atoms with Gasteiger partial charge in [-0.05, 0) is 54.1 Å². The Morgan fingerprint density at radius 3 is 1.95 bits per heavy atom. The zero-order valence-electron chi connectivity index (χ0n) is 12.4. The van der Waals surface area contributed by atoms with Gasteiger partial charge < -0.3 is 9.47 Å². The Morgan fingerprint density at radius 1 is 0.864 bits per heavy atom. The van der Waals surface area contributed by atoms with E-state index in [9.17, 15) is 0 Å². The van der Waals surface area contributed by atoms with Gasteiger partial charge in [0.1, 0.15) is 11.5 Å². The van der Waals surface area contributed by atoms with Crippen molar-refractivity contribution >= 4 is 11.3 Å². The molecule has 1 aromatic heterocycles. The lowest BCUT2D eigenvalue weighted by Gasteiger charge is -2.10. The molecule has 0 saturated heterocycles. The summed E-state index contributed by atoms with van der Waals surface area (Å²) >= 11 is 1.41. The summed E-state index contributed by atoms with van der Waals surface area (Å²) in [7, 11) is 3.30. The van der Waals surface area contributed by atoms with Crippen LogP contribution in [0.3, 0.4) is 0 Å². The first kappa shape index (κ1) is 14.4. The topological polar surface area (TPSA) is 47.2 Å². The lowest BCUT2D eigenvalue weighted by molar-refractivity contribution is 0.414. The number of ether oxygens (including phenoxy) is 2. The number of hydrogen-bond donors (Lipinski definition) is 1. The SMILES string of the molecule is COc1ccc(-c2csc(=N)n2-c2ccc(OC)cc2)cc1. The van der Waals surface area contributed by atoms with Crippen LogP contribution in [0.2, 0.25) is 0 Å². The van der Waals surface area contributed by atoms with Gasteiger partial charge in [-0.2, -0.15) is 0 Å². The van der Waals surface area contributed by atoms with Gasteiger partial charge in [-0.15, -0.1) is 11.3 Å². The maximum Gasteiger partial charge on any atom is 0.187 e. The molecule has 112 valence electrons. The number of thiazole rings is 1. The van der Waals surface area contributed by atoms with Crippen molar-refractivity contribution in [2.24, 2.45) is 0 Å². The highest BCUT2D eigenvalue weighted by Gasteiger charge is 2.09. The molecule has 0 saturated carbocycles. The summed E-state index contributed by atoms with van der Waals surface area (Å²) < 4.78 is 12.3. The smallest absolute Gasteiger partial charge is 0.187 e. The highest BCUT2D eigenvalue weighted by molar-refractivity contribution is 7.07. The van der Waals surface area contributed by atoms with E-state index in [4.69, 9.17) is 14.9 Å². The lowest BCUT2D eigenvalue weighted by Crippen LogP contribution is -2.11. The maximum atomic E-state index is 8.18. The molecule has 3 rings (SSSR count). The summed E-state index contributed by atoms with van der Waals surface area (Å²) in [5, 5.41) is 10.2. The van der Waals surface area contributed by atoms with Crippen molar-refractivity contribution in [3.63, 3.8) is 0 Å². The summed E-state index contributed by atoms with van der Waals surface area (Å²) in [6, 6.07) is 15.6. The molecular formula is C17H16N2O2S. The molecule has 22 heavy (non-hydrogen) atoms. The molecule has 0 spiro atoms. The molecule has 2 aromatic carbocycles. The number of benzene rings is 2. The standard InChI is InChI=1S/C17H16N2O2S/c1-20-14-7-3-12(4-8-14)16-11-22-17(18)19(16)13-5-9-15(21-2)10-6-13/h3-11,18H,1-2H3. The number of methoxy groups -OCH3 is 2. The number of rotatable bonds is 4. The van der Waals surface area contributed by atoms with Crippen LogP contribution in [0.25, 0.3) is 16.9 Å². The fourth-order valence-electron chi connectivity index (χ4n) is 2.27. The number of nitrogens with zero attached hydrogens (tertiary/aromatic N) is 1. The normalized spacial score (nSPS) is 10.5. The molecule has 4 nitrogen and oxygen atoms in total. The minimum absolute atomic E-state index is 0.482. The van der Waals surface area contributed by atoms with E-state index >= 15 is 0 Å². The van der Waals surface area contributed by atoms with E-state index in [2.05, 4.69) is 0 Å². The van der Waals surface area contributed by atoms with E-state index in [1.807, 2.05) is 58.5 Å². The summed E-state index contributed by atoms with van der Waals surface area (Å²) in [4.78, 5) is 0.482. The van der Waals surface area contributed by atoms with Crippen LogP contribution in [-0.4, -0.2) is 18.8 Å². The van der Waals surface area contributed by atoms with Gasteiger partial charge in [-0.3, -0.25) is 9.98 Å². The molecule has 0 atom stereocenters. The average Bonchev–Trinajstić information content (AvgIpc) is 2.96. The van der Waals surface area contributed by atoms with Crippen LogP contribution in [0.15, 0.2) is 53.9 Å². The fraction of sp³-hybridized carbons (Fsp3) is 0.118. The molecule has 0 aliphatic heterocycles. The maximum absolute atomic E-state index is 8.18. The Labute approximate surface area is 132 Å². The summed E-state index contributed by atoms with van der Waals surface area (Å²) in [6.07, 6.45) is 0. The van der Waals surface area contributed by atoms with Crippen molar-refractivity contribution in [2.75, 3.05) is 14.2 Å². The second kappa shape index (κ2) is 6.07. The third kappa shape index (κ3) is 2.63. The van der Waals surface area contributed by atoms with Crippen LogP contribution in [-0.2, 0) is 0 Å². The quantitative estimate of drug-likeness (QED) is 0.798. The molecule has 3 aromatic rings. The number of aromatic nitrogens is 1.